The second kappa shape index (κ2) is 3.61. The van der Waals surface area contributed by atoms with Crippen molar-refractivity contribution in [1.29, 1.82) is 0 Å². The molecule has 0 amide bonds. The van der Waals surface area contributed by atoms with Gasteiger partial charge in [0.15, 0.2) is 0 Å². The molecule has 4 heteroatoms. The summed E-state index contributed by atoms with van der Waals surface area (Å²) in [6.45, 7) is 2.95. The zero-order chi connectivity index (χ0) is 10.1. The third-order valence-electron chi connectivity index (χ3n) is 2.81. The molecule has 1 aliphatic heterocycles. The number of hydrogen-bond donors (Lipinski definition) is 1. The van der Waals surface area contributed by atoms with Gasteiger partial charge in [0.1, 0.15) is 11.9 Å². The van der Waals surface area contributed by atoms with Crippen molar-refractivity contribution in [1.82, 2.24) is 9.78 Å². The first-order valence-corrected chi connectivity index (χ1v) is 5.17. The lowest BCUT2D eigenvalue weighted by Gasteiger charge is -2.07. The summed E-state index contributed by atoms with van der Waals surface area (Å²) in [6, 6.07) is 0. The minimum absolute atomic E-state index is 0.174. The summed E-state index contributed by atoms with van der Waals surface area (Å²) in [4.78, 5) is 0. The SMILES string of the molecule is CCc1c(C2CCCO2)nn(C)c1N. The number of rotatable bonds is 2. The van der Waals surface area contributed by atoms with Crippen molar-refractivity contribution < 1.29 is 4.74 Å². The molecule has 1 atom stereocenters. The van der Waals surface area contributed by atoms with Crippen LogP contribution in [0.1, 0.15) is 37.1 Å². The van der Waals surface area contributed by atoms with Crippen LogP contribution in [-0.4, -0.2) is 16.4 Å². The Morgan fingerprint density at radius 3 is 3.00 bits per heavy atom. The van der Waals surface area contributed by atoms with Gasteiger partial charge >= 0.3 is 0 Å². The Morgan fingerprint density at radius 2 is 2.43 bits per heavy atom. The van der Waals surface area contributed by atoms with E-state index in [-0.39, 0.29) is 6.10 Å². The summed E-state index contributed by atoms with van der Waals surface area (Å²) in [6.07, 6.45) is 3.30. The van der Waals surface area contributed by atoms with Crippen LogP contribution < -0.4 is 5.73 Å². The van der Waals surface area contributed by atoms with Crippen LogP contribution in [0.15, 0.2) is 0 Å². The third-order valence-corrected chi connectivity index (χ3v) is 2.81. The highest BCUT2D eigenvalue weighted by Gasteiger charge is 2.24. The molecule has 0 aliphatic carbocycles. The van der Waals surface area contributed by atoms with Gasteiger partial charge in [0, 0.05) is 19.2 Å². The second-order valence-corrected chi connectivity index (χ2v) is 3.73. The Morgan fingerprint density at radius 1 is 1.64 bits per heavy atom. The van der Waals surface area contributed by atoms with Gasteiger partial charge in [-0.05, 0) is 19.3 Å². The van der Waals surface area contributed by atoms with E-state index in [1.54, 1.807) is 4.68 Å². The molecule has 0 radical (unpaired) electrons. The molecule has 1 aromatic rings. The number of anilines is 1. The Bertz CT molecular complexity index is 326. The van der Waals surface area contributed by atoms with Crippen molar-refractivity contribution in [2.75, 3.05) is 12.3 Å². The van der Waals surface area contributed by atoms with Gasteiger partial charge in [0.2, 0.25) is 0 Å². The number of nitrogens with zero attached hydrogens (tertiary/aromatic N) is 2. The molecule has 2 N–H and O–H groups in total. The molecule has 1 saturated heterocycles. The van der Waals surface area contributed by atoms with Gasteiger partial charge in [-0.25, -0.2) is 0 Å². The lowest BCUT2D eigenvalue weighted by Crippen LogP contribution is -2.00. The number of aromatic nitrogens is 2. The van der Waals surface area contributed by atoms with Crippen LogP contribution in [0.2, 0.25) is 0 Å². The van der Waals surface area contributed by atoms with Gasteiger partial charge in [0.05, 0.1) is 5.69 Å². The van der Waals surface area contributed by atoms with Crippen LogP contribution in [-0.2, 0) is 18.2 Å². The van der Waals surface area contributed by atoms with Gasteiger partial charge < -0.3 is 10.5 Å². The van der Waals surface area contributed by atoms with Crippen molar-refractivity contribution >= 4 is 5.82 Å². The number of hydrogen-bond acceptors (Lipinski definition) is 3. The smallest absolute Gasteiger partial charge is 0.124 e. The standard InChI is InChI=1S/C10H17N3O/c1-3-7-9(8-5-4-6-14-8)12-13(2)10(7)11/h8H,3-6,11H2,1-2H3. The van der Waals surface area contributed by atoms with E-state index in [1.807, 2.05) is 7.05 Å². The molecule has 2 heterocycles. The summed E-state index contributed by atoms with van der Waals surface area (Å²) in [5, 5.41) is 4.43. The van der Waals surface area contributed by atoms with E-state index in [4.69, 9.17) is 10.5 Å². The average Bonchev–Trinajstić information content (AvgIpc) is 2.76. The molecule has 2 rings (SSSR count). The quantitative estimate of drug-likeness (QED) is 0.776. The molecule has 0 saturated carbocycles. The molecule has 0 bridgehead atoms. The zero-order valence-electron chi connectivity index (χ0n) is 8.79. The highest BCUT2D eigenvalue weighted by molar-refractivity contribution is 5.44. The Hall–Kier alpha value is -1.03. The molecule has 1 aromatic heterocycles. The van der Waals surface area contributed by atoms with E-state index in [9.17, 15) is 0 Å². The van der Waals surface area contributed by atoms with Crippen LogP contribution in [0, 0.1) is 0 Å². The van der Waals surface area contributed by atoms with E-state index in [0.29, 0.717) is 0 Å². The van der Waals surface area contributed by atoms with Crippen molar-refractivity contribution in [2.45, 2.75) is 32.3 Å². The fourth-order valence-electron chi connectivity index (χ4n) is 2.02. The highest BCUT2D eigenvalue weighted by atomic mass is 16.5. The average molecular weight is 195 g/mol. The molecule has 4 nitrogen and oxygen atoms in total. The Balaban J connectivity index is 2.36. The topological polar surface area (TPSA) is 53.1 Å². The third kappa shape index (κ3) is 1.39. The first-order chi connectivity index (χ1) is 6.74. The minimum atomic E-state index is 0.174. The molecule has 0 spiro atoms. The maximum atomic E-state index is 5.93. The highest BCUT2D eigenvalue weighted by Crippen LogP contribution is 2.32. The maximum absolute atomic E-state index is 5.93. The summed E-state index contributed by atoms with van der Waals surface area (Å²) in [5.41, 5.74) is 8.12. The zero-order valence-corrected chi connectivity index (χ0v) is 8.79. The van der Waals surface area contributed by atoms with E-state index in [2.05, 4.69) is 12.0 Å². The molecule has 14 heavy (non-hydrogen) atoms. The van der Waals surface area contributed by atoms with E-state index in [0.717, 1.165) is 42.9 Å². The molecule has 0 aromatic carbocycles. The largest absolute Gasteiger partial charge is 0.384 e. The van der Waals surface area contributed by atoms with Crippen LogP contribution >= 0.6 is 0 Å². The lowest BCUT2D eigenvalue weighted by atomic mass is 10.1. The van der Waals surface area contributed by atoms with Gasteiger partial charge in [-0.3, -0.25) is 4.68 Å². The lowest BCUT2D eigenvalue weighted by molar-refractivity contribution is 0.107. The Labute approximate surface area is 84.0 Å². The summed E-state index contributed by atoms with van der Waals surface area (Å²) in [7, 11) is 1.88. The summed E-state index contributed by atoms with van der Waals surface area (Å²) < 4.78 is 7.36. The van der Waals surface area contributed by atoms with E-state index < -0.39 is 0 Å². The predicted octanol–water partition coefficient (Wildman–Crippen LogP) is 1.42. The Kier molecular flexibility index (Phi) is 2.46. The van der Waals surface area contributed by atoms with Gasteiger partial charge in [-0.2, -0.15) is 5.10 Å². The van der Waals surface area contributed by atoms with E-state index >= 15 is 0 Å². The molecule has 1 unspecified atom stereocenters. The predicted molar refractivity (Wildman–Crippen MR) is 54.9 cm³/mol. The van der Waals surface area contributed by atoms with Gasteiger partial charge in [-0.1, -0.05) is 6.92 Å². The van der Waals surface area contributed by atoms with Crippen molar-refractivity contribution in [3.05, 3.63) is 11.3 Å². The van der Waals surface area contributed by atoms with Crippen molar-refractivity contribution in [2.24, 2.45) is 7.05 Å². The summed E-state index contributed by atoms with van der Waals surface area (Å²) >= 11 is 0. The van der Waals surface area contributed by atoms with Gasteiger partial charge in [-0.15, -0.1) is 0 Å². The molecule has 1 aliphatic rings. The monoisotopic (exact) mass is 195 g/mol. The number of ether oxygens (including phenoxy) is 1. The molecular weight excluding hydrogens is 178 g/mol. The normalized spacial score (nSPS) is 21.7. The van der Waals surface area contributed by atoms with Crippen LogP contribution in [0.4, 0.5) is 5.82 Å². The fourth-order valence-corrected chi connectivity index (χ4v) is 2.02. The van der Waals surface area contributed by atoms with Crippen molar-refractivity contribution in [3.63, 3.8) is 0 Å². The van der Waals surface area contributed by atoms with Crippen LogP contribution in [0.25, 0.3) is 0 Å². The maximum Gasteiger partial charge on any atom is 0.124 e. The van der Waals surface area contributed by atoms with Crippen molar-refractivity contribution in [3.8, 4) is 0 Å². The first-order valence-electron chi connectivity index (χ1n) is 5.17. The number of nitrogen functional groups attached to an aromatic ring is 1. The first kappa shape index (κ1) is 9.52. The van der Waals surface area contributed by atoms with Crippen LogP contribution in [0.3, 0.4) is 0 Å². The molecule has 78 valence electrons. The molecule has 1 fully saturated rings. The summed E-state index contributed by atoms with van der Waals surface area (Å²) in [5.74, 6) is 0.776. The van der Waals surface area contributed by atoms with E-state index in [1.165, 1.54) is 0 Å². The minimum Gasteiger partial charge on any atom is -0.384 e. The second-order valence-electron chi connectivity index (χ2n) is 3.73. The number of nitrogens with two attached hydrogens (primary N) is 1. The fraction of sp³-hybridized carbons (Fsp3) is 0.700. The molecular formula is C10H17N3O. The van der Waals surface area contributed by atoms with Gasteiger partial charge in [0.25, 0.3) is 0 Å². The number of aryl methyl sites for hydroxylation is 1. The van der Waals surface area contributed by atoms with Crippen LogP contribution in [0.5, 0.6) is 0 Å².